The fourth-order valence-electron chi connectivity index (χ4n) is 2.78. The van der Waals surface area contributed by atoms with Crippen molar-refractivity contribution in [1.29, 1.82) is 0 Å². The summed E-state index contributed by atoms with van der Waals surface area (Å²) in [4.78, 5) is 29.8. The van der Waals surface area contributed by atoms with E-state index in [1.54, 1.807) is 16.7 Å². The van der Waals surface area contributed by atoms with E-state index in [2.05, 4.69) is 16.2 Å². The molecule has 0 aliphatic carbocycles. The molecule has 0 radical (unpaired) electrons. The lowest BCUT2D eigenvalue weighted by atomic mass is 10.1. The van der Waals surface area contributed by atoms with E-state index in [-0.39, 0.29) is 23.8 Å². The molecule has 1 heterocycles. The first-order valence-electron chi connectivity index (χ1n) is 8.58. The number of fused-ring (bicyclic) bond motifs is 1. The first-order chi connectivity index (χ1) is 13.2. The summed E-state index contributed by atoms with van der Waals surface area (Å²) < 4.78 is 1.60. The molecule has 0 atom stereocenters. The quantitative estimate of drug-likeness (QED) is 0.408. The number of thioether (sulfide) groups is 1. The lowest BCUT2D eigenvalue weighted by Gasteiger charge is -2.15. The topological polar surface area (TPSA) is 64.0 Å². The van der Waals surface area contributed by atoms with Gasteiger partial charge in [0.1, 0.15) is 0 Å². The summed E-state index contributed by atoms with van der Waals surface area (Å²) in [5.41, 5.74) is 2.29. The summed E-state index contributed by atoms with van der Waals surface area (Å²) in [7, 11) is 0. The minimum atomic E-state index is -0.198. The van der Waals surface area contributed by atoms with Gasteiger partial charge in [0, 0.05) is 0 Å². The van der Waals surface area contributed by atoms with Gasteiger partial charge in [-0.2, -0.15) is 0 Å². The molecule has 27 heavy (non-hydrogen) atoms. The van der Waals surface area contributed by atoms with E-state index in [1.165, 1.54) is 11.8 Å². The minimum Gasteiger partial charge on any atom is -0.344 e. The number of benzene rings is 2. The van der Waals surface area contributed by atoms with Crippen molar-refractivity contribution in [2.24, 2.45) is 0 Å². The van der Waals surface area contributed by atoms with Crippen molar-refractivity contribution in [2.75, 3.05) is 12.3 Å². The Morgan fingerprint density at radius 2 is 1.96 bits per heavy atom. The van der Waals surface area contributed by atoms with Gasteiger partial charge in [-0.05, 0) is 30.2 Å². The molecule has 0 fully saturated rings. The van der Waals surface area contributed by atoms with Gasteiger partial charge in [-0.1, -0.05) is 54.9 Å². The molecule has 1 aromatic heterocycles. The predicted molar refractivity (Wildman–Crippen MR) is 109 cm³/mol. The SMILES string of the molecule is C#CCNC(=O)CSc1nc2ccccc2c(=O)n1-c1ccccc1CC. The van der Waals surface area contributed by atoms with Crippen molar-refractivity contribution >= 4 is 28.6 Å². The van der Waals surface area contributed by atoms with Crippen LogP contribution in [-0.4, -0.2) is 27.8 Å². The molecular weight excluding hydrogens is 358 g/mol. The second kappa shape index (κ2) is 8.56. The zero-order valence-corrected chi connectivity index (χ0v) is 15.8. The van der Waals surface area contributed by atoms with E-state index in [4.69, 9.17) is 6.42 Å². The number of hydrogen-bond donors (Lipinski definition) is 1. The third-order valence-corrected chi connectivity index (χ3v) is 5.02. The molecule has 0 aliphatic rings. The van der Waals surface area contributed by atoms with Crippen LogP contribution in [0.2, 0.25) is 0 Å². The summed E-state index contributed by atoms with van der Waals surface area (Å²) in [5.74, 6) is 2.30. The van der Waals surface area contributed by atoms with E-state index in [1.807, 2.05) is 43.3 Å². The van der Waals surface area contributed by atoms with Gasteiger partial charge < -0.3 is 5.32 Å². The van der Waals surface area contributed by atoms with Crippen molar-refractivity contribution in [1.82, 2.24) is 14.9 Å². The molecule has 3 rings (SSSR count). The fraction of sp³-hybridized carbons (Fsp3) is 0.190. The van der Waals surface area contributed by atoms with Crippen LogP contribution in [0.3, 0.4) is 0 Å². The van der Waals surface area contributed by atoms with Crippen LogP contribution in [0.25, 0.3) is 16.6 Å². The molecule has 6 heteroatoms. The van der Waals surface area contributed by atoms with Gasteiger partial charge in [0.2, 0.25) is 5.91 Å². The summed E-state index contributed by atoms with van der Waals surface area (Å²) in [5, 5.41) is 3.65. The highest BCUT2D eigenvalue weighted by atomic mass is 32.2. The first-order valence-corrected chi connectivity index (χ1v) is 9.57. The number of hydrogen-bond acceptors (Lipinski definition) is 4. The maximum Gasteiger partial charge on any atom is 0.266 e. The molecule has 1 N–H and O–H groups in total. The number of carbonyl (C=O) groups is 1. The number of aromatic nitrogens is 2. The Bertz CT molecular complexity index is 1080. The molecule has 1 amide bonds. The normalized spacial score (nSPS) is 10.5. The lowest BCUT2D eigenvalue weighted by molar-refractivity contribution is -0.118. The highest BCUT2D eigenvalue weighted by Crippen LogP contribution is 2.23. The van der Waals surface area contributed by atoms with Crippen molar-refractivity contribution in [3.63, 3.8) is 0 Å². The number of terminal acetylenes is 1. The summed E-state index contributed by atoms with van der Waals surface area (Å²) in [6.07, 6.45) is 5.95. The number of carbonyl (C=O) groups excluding carboxylic acids is 1. The number of rotatable bonds is 6. The molecule has 2 aromatic carbocycles. The van der Waals surface area contributed by atoms with Crippen LogP contribution in [0, 0.1) is 12.3 Å². The smallest absolute Gasteiger partial charge is 0.266 e. The second-order valence-electron chi connectivity index (χ2n) is 5.80. The summed E-state index contributed by atoms with van der Waals surface area (Å²) in [6, 6.07) is 15.0. The average molecular weight is 377 g/mol. The molecule has 0 bridgehead atoms. The maximum atomic E-state index is 13.2. The zero-order chi connectivity index (χ0) is 19.2. The predicted octanol–water partition coefficient (Wildman–Crippen LogP) is 2.79. The highest BCUT2D eigenvalue weighted by Gasteiger charge is 2.16. The van der Waals surface area contributed by atoms with Crippen LogP contribution in [0.4, 0.5) is 0 Å². The summed E-state index contributed by atoms with van der Waals surface area (Å²) >= 11 is 1.22. The molecule has 136 valence electrons. The van der Waals surface area contributed by atoms with Crippen molar-refractivity contribution in [3.8, 4) is 18.0 Å². The van der Waals surface area contributed by atoms with Gasteiger partial charge in [-0.15, -0.1) is 6.42 Å². The Labute approximate surface area is 161 Å². The van der Waals surface area contributed by atoms with Crippen LogP contribution in [0.1, 0.15) is 12.5 Å². The third kappa shape index (κ3) is 4.04. The maximum absolute atomic E-state index is 13.2. The molecule has 0 saturated heterocycles. The van der Waals surface area contributed by atoms with Crippen LogP contribution < -0.4 is 10.9 Å². The fourth-order valence-corrected chi connectivity index (χ4v) is 3.62. The number of amides is 1. The summed E-state index contributed by atoms with van der Waals surface area (Å²) in [6.45, 7) is 2.22. The molecule has 0 unspecified atom stereocenters. The number of para-hydroxylation sites is 2. The van der Waals surface area contributed by atoms with Crippen molar-refractivity contribution in [2.45, 2.75) is 18.5 Å². The van der Waals surface area contributed by atoms with Gasteiger partial charge in [0.25, 0.3) is 5.56 Å². The number of nitrogens with one attached hydrogen (secondary N) is 1. The van der Waals surface area contributed by atoms with Crippen LogP contribution in [-0.2, 0) is 11.2 Å². The van der Waals surface area contributed by atoms with Crippen LogP contribution in [0.5, 0.6) is 0 Å². The zero-order valence-electron chi connectivity index (χ0n) is 14.9. The lowest BCUT2D eigenvalue weighted by Crippen LogP contribution is -2.27. The standard InChI is InChI=1S/C21H19N3O2S/c1-3-13-22-19(25)14-27-21-23-17-11-7-6-10-16(17)20(26)24(21)18-12-8-5-9-15(18)4-2/h1,5-12H,4,13-14H2,2H3,(H,22,25). The van der Waals surface area contributed by atoms with E-state index < -0.39 is 0 Å². The Morgan fingerprint density at radius 3 is 2.74 bits per heavy atom. The highest BCUT2D eigenvalue weighted by molar-refractivity contribution is 7.99. The van der Waals surface area contributed by atoms with E-state index in [0.717, 1.165) is 17.7 Å². The van der Waals surface area contributed by atoms with Crippen molar-refractivity contribution < 1.29 is 4.79 Å². The van der Waals surface area contributed by atoms with Gasteiger partial charge in [0.05, 0.1) is 28.9 Å². The van der Waals surface area contributed by atoms with Gasteiger partial charge in [-0.25, -0.2) is 4.98 Å². The second-order valence-corrected chi connectivity index (χ2v) is 6.75. The molecule has 0 aliphatic heterocycles. The minimum absolute atomic E-state index is 0.126. The molecule has 3 aromatic rings. The van der Waals surface area contributed by atoms with Gasteiger partial charge in [-0.3, -0.25) is 14.2 Å². The van der Waals surface area contributed by atoms with E-state index in [0.29, 0.717) is 16.1 Å². The molecular formula is C21H19N3O2S. The third-order valence-electron chi connectivity index (χ3n) is 4.08. The van der Waals surface area contributed by atoms with E-state index >= 15 is 0 Å². The first kappa shape index (κ1) is 18.7. The van der Waals surface area contributed by atoms with Gasteiger partial charge in [0.15, 0.2) is 5.16 Å². The van der Waals surface area contributed by atoms with Crippen LogP contribution in [0.15, 0.2) is 58.5 Å². The Balaban J connectivity index is 2.12. The largest absolute Gasteiger partial charge is 0.344 e. The van der Waals surface area contributed by atoms with Crippen LogP contribution >= 0.6 is 11.8 Å². The molecule has 0 saturated carbocycles. The average Bonchev–Trinajstić information content (AvgIpc) is 2.71. The molecule has 5 nitrogen and oxygen atoms in total. The Morgan fingerprint density at radius 1 is 1.22 bits per heavy atom. The van der Waals surface area contributed by atoms with E-state index in [9.17, 15) is 9.59 Å². The monoisotopic (exact) mass is 377 g/mol. The number of nitrogens with zero attached hydrogens (tertiary/aromatic N) is 2. The Hall–Kier alpha value is -3.04. The Kier molecular flexibility index (Phi) is 5.94. The van der Waals surface area contributed by atoms with Crippen molar-refractivity contribution in [3.05, 3.63) is 64.4 Å². The molecule has 0 spiro atoms. The number of aryl methyl sites for hydroxylation is 1. The van der Waals surface area contributed by atoms with Gasteiger partial charge >= 0.3 is 0 Å².